The molecule has 4 heterocycles. The lowest BCUT2D eigenvalue weighted by atomic mass is 9.67. The number of nitriles is 1. The van der Waals surface area contributed by atoms with Gasteiger partial charge in [0.2, 0.25) is 11.8 Å². The lowest BCUT2D eigenvalue weighted by Gasteiger charge is -2.31. The maximum absolute atomic E-state index is 14.1. The molecule has 4 aromatic rings. The number of aromatic nitrogens is 1. The summed E-state index contributed by atoms with van der Waals surface area (Å²) in [6.45, 7) is 2.25. The molecule has 3 aliphatic rings. The van der Waals surface area contributed by atoms with Crippen LogP contribution in [0.2, 0.25) is 0 Å². The molecule has 0 saturated carbocycles. The largest absolute Gasteiger partial charge is 0.491 e. The van der Waals surface area contributed by atoms with E-state index in [4.69, 9.17) is 25.1 Å². The number of anilines is 2. The highest BCUT2D eigenvalue weighted by atomic mass is 19.4. The van der Waals surface area contributed by atoms with E-state index >= 15 is 0 Å². The average Bonchev–Trinajstić information content (AvgIpc) is 3.60. The molecule has 7 rings (SSSR count). The number of alkyl halides is 3. The highest BCUT2D eigenvalue weighted by Gasteiger charge is 2.73. The van der Waals surface area contributed by atoms with E-state index in [0.29, 0.717) is 65.0 Å². The normalized spacial score (nSPS) is 24.9. The van der Waals surface area contributed by atoms with Gasteiger partial charge < -0.3 is 20.3 Å². The Kier molecular flexibility index (Phi) is 7.36. The van der Waals surface area contributed by atoms with Crippen LogP contribution in [0.1, 0.15) is 31.7 Å². The van der Waals surface area contributed by atoms with Gasteiger partial charge >= 0.3 is 12.1 Å². The molecule has 0 unspecified atom stereocenters. The van der Waals surface area contributed by atoms with Gasteiger partial charge in [0, 0.05) is 22.6 Å². The second-order valence-corrected chi connectivity index (χ2v) is 11.7. The maximum Gasteiger partial charge on any atom is 0.490 e. The molecule has 0 spiro atoms. The number of hydrogen-bond acceptors (Lipinski definition) is 8. The molecule has 2 amide bonds. The van der Waals surface area contributed by atoms with Crippen molar-refractivity contribution in [1.29, 1.82) is 5.26 Å². The van der Waals surface area contributed by atoms with Crippen molar-refractivity contribution in [2.45, 2.75) is 43.6 Å². The van der Waals surface area contributed by atoms with Crippen LogP contribution in [0.15, 0.2) is 66.7 Å². The molecule has 236 valence electrons. The number of nitrogen functional groups attached to an aromatic ring is 1. The number of nitrogens with two attached hydrogens (primary N) is 1. The number of para-hydroxylation sites is 1. The minimum atomic E-state index is -5.08. The number of imide groups is 1. The van der Waals surface area contributed by atoms with Crippen LogP contribution in [0.25, 0.3) is 21.7 Å². The fourth-order valence-corrected chi connectivity index (χ4v) is 7.01. The zero-order chi connectivity index (χ0) is 33.0. The first-order valence-corrected chi connectivity index (χ1v) is 14.4. The van der Waals surface area contributed by atoms with E-state index in [2.05, 4.69) is 11.1 Å². The Hall–Kier alpha value is -5.22. The monoisotopic (exact) mass is 632 g/mol. The molecule has 10 nitrogen and oxygen atoms in total. The summed E-state index contributed by atoms with van der Waals surface area (Å²) in [7, 11) is 0. The van der Waals surface area contributed by atoms with E-state index in [1.165, 1.54) is 4.90 Å². The van der Waals surface area contributed by atoms with Crippen LogP contribution < -0.4 is 15.4 Å². The van der Waals surface area contributed by atoms with E-state index in [0.717, 1.165) is 5.39 Å². The van der Waals surface area contributed by atoms with Crippen LogP contribution in [-0.2, 0) is 19.1 Å². The van der Waals surface area contributed by atoms with Crippen LogP contribution >= 0.6 is 0 Å². The molecule has 3 aromatic carbocycles. The van der Waals surface area contributed by atoms with E-state index in [-0.39, 0.29) is 11.8 Å². The van der Waals surface area contributed by atoms with Gasteiger partial charge in [0.05, 0.1) is 47.0 Å². The van der Waals surface area contributed by atoms with Gasteiger partial charge in [-0.3, -0.25) is 9.59 Å². The molecule has 3 saturated heterocycles. The van der Waals surface area contributed by atoms with Crippen molar-refractivity contribution in [3.05, 3.63) is 72.3 Å². The quantitative estimate of drug-likeness (QED) is 0.276. The second-order valence-electron chi connectivity index (χ2n) is 11.7. The molecule has 13 heteroatoms. The maximum atomic E-state index is 14.1. The van der Waals surface area contributed by atoms with Crippen LogP contribution in [0.4, 0.5) is 24.7 Å². The Balaban J connectivity index is 0.000000480. The Morgan fingerprint density at radius 3 is 2.46 bits per heavy atom. The summed E-state index contributed by atoms with van der Waals surface area (Å²) in [5.74, 6) is -3.37. The number of fused-ring (bicyclic) bond motifs is 7. The zero-order valence-electron chi connectivity index (χ0n) is 24.4. The van der Waals surface area contributed by atoms with E-state index < -0.39 is 35.2 Å². The Labute approximate surface area is 260 Å². The number of pyridine rings is 1. The van der Waals surface area contributed by atoms with Crippen LogP contribution in [0.3, 0.4) is 0 Å². The van der Waals surface area contributed by atoms with Gasteiger partial charge in [-0.2, -0.15) is 18.4 Å². The summed E-state index contributed by atoms with van der Waals surface area (Å²) in [5, 5.41) is 19.0. The van der Waals surface area contributed by atoms with Gasteiger partial charge in [0.1, 0.15) is 17.1 Å². The van der Waals surface area contributed by atoms with Gasteiger partial charge in [-0.1, -0.05) is 36.4 Å². The number of hydrogen-bond donors (Lipinski definition) is 2. The predicted molar refractivity (Wildman–Crippen MR) is 160 cm³/mol. The second kappa shape index (κ2) is 11.0. The first-order chi connectivity index (χ1) is 21.8. The van der Waals surface area contributed by atoms with Crippen molar-refractivity contribution >= 4 is 51.0 Å². The Morgan fingerprint density at radius 2 is 1.76 bits per heavy atom. The fourth-order valence-electron chi connectivity index (χ4n) is 7.01. The van der Waals surface area contributed by atoms with Gasteiger partial charge in [-0.05, 0) is 50.1 Å². The zero-order valence-corrected chi connectivity index (χ0v) is 24.4. The molecule has 3 fully saturated rings. The fraction of sp³-hybridized carbons (Fsp3) is 0.303. The number of rotatable bonds is 5. The predicted octanol–water partition coefficient (Wildman–Crippen LogP) is 5.37. The lowest BCUT2D eigenvalue weighted by molar-refractivity contribution is -0.192. The minimum Gasteiger partial charge on any atom is -0.491 e. The summed E-state index contributed by atoms with van der Waals surface area (Å²) in [5.41, 5.74) is 6.10. The van der Waals surface area contributed by atoms with Crippen molar-refractivity contribution < 1.29 is 42.1 Å². The Bertz CT molecular complexity index is 1960. The number of carboxylic acids is 1. The number of aliphatic carboxylic acids is 1. The molecular formula is C33H27F3N4O6. The average molecular weight is 633 g/mol. The van der Waals surface area contributed by atoms with E-state index in [1.807, 2.05) is 55.5 Å². The molecule has 3 N–H and O–H groups in total. The lowest BCUT2D eigenvalue weighted by Crippen LogP contribution is -2.43. The summed E-state index contributed by atoms with van der Waals surface area (Å²) < 4.78 is 44.5. The number of carbonyl (C=O) groups excluding carboxylic acids is 2. The van der Waals surface area contributed by atoms with Crippen molar-refractivity contribution in [2.24, 2.45) is 11.8 Å². The summed E-state index contributed by atoms with van der Waals surface area (Å²) in [6, 6.07) is 22.3. The van der Waals surface area contributed by atoms with Gasteiger partial charge in [-0.15, -0.1) is 0 Å². The van der Waals surface area contributed by atoms with Crippen LogP contribution in [-0.4, -0.2) is 51.9 Å². The topological polar surface area (TPSA) is 156 Å². The van der Waals surface area contributed by atoms with Crippen LogP contribution in [0.5, 0.6) is 5.75 Å². The number of carbonyl (C=O) groups is 3. The minimum absolute atomic E-state index is 0.237. The standard InChI is InChI=1S/C31H26N4O4.C2HF3O2/c1-30-13-14-31(39-30,15-16-38-23-8-4-5-18-10-12-24(33)34-27(18)23)26-25(30)28(36)35(29(26)37)22-11-9-19(17-32)20-6-2-3-7-21(20)22;3-2(4,5)1(6)7/h2-12,25-26H,13-16H2,1H3,(H2,33,34);(H,6,7)/t25-,26+,30-,31-;/m0./s1. The van der Waals surface area contributed by atoms with Crippen LogP contribution in [0, 0.1) is 23.2 Å². The summed E-state index contributed by atoms with van der Waals surface area (Å²) >= 11 is 0. The third-order valence-corrected chi connectivity index (χ3v) is 9.00. The number of nitrogens with zero attached hydrogens (tertiary/aromatic N) is 3. The summed E-state index contributed by atoms with van der Waals surface area (Å²) in [6.07, 6.45) is -3.25. The first kappa shape index (κ1) is 30.8. The number of carboxylic acid groups (broad SMARTS) is 1. The SMILES string of the molecule is C[C@@]12CC[C@@](CCOc3cccc4ccc(N)nc34)(O1)[C@H]1C(=O)N(c3ccc(C#N)c4ccccc34)C(=O)[C@H]12.O=C(O)C(F)(F)F. The number of benzene rings is 3. The van der Waals surface area contributed by atoms with Crippen molar-refractivity contribution in [2.75, 3.05) is 17.2 Å². The third-order valence-electron chi connectivity index (χ3n) is 9.00. The molecule has 4 atom stereocenters. The summed E-state index contributed by atoms with van der Waals surface area (Å²) in [4.78, 5) is 42.7. The molecule has 0 aliphatic carbocycles. The van der Waals surface area contributed by atoms with Crippen molar-refractivity contribution in [3.63, 3.8) is 0 Å². The molecular weight excluding hydrogens is 605 g/mol. The molecule has 1 aromatic heterocycles. The van der Waals surface area contributed by atoms with Gasteiger partial charge in [-0.25, -0.2) is 14.7 Å². The number of halogens is 3. The van der Waals surface area contributed by atoms with Crippen molar-refractivity contribution in [1.82, 2.24) is 4.98 Å². The van der Waals surface area contributed by atoms with Gasteiger partial charge in [0.15, 0.2) is 0 Å². The molecule has 46 heavy (non-hydrogen) atoms. The Morgan fingerprint density at radius 1 is 1.07 bits per heavy atom. The molecule has 0 radical (unpaired) electrons. The number of amides is 2. The highest BCUT2D eigenvalue weighted by Crippen LogP contribution is 2.62. The molecule has 3 aliphatic heterocycles. The molecule has 2 bridgehead atoms. The smallest absolute Gasteiger partial charge is 0.490 e. The van der Waals surface area contributed by atoms with Gasteiger partial charge in [0.25, 0.3) is 0 Å². The first-order valence-electron chi connectivity index (χ1n) is 14.4. The number of ether oxygens (including phenoxy) is 2. The van der Waals surface area contributed by atoms with E-state index in [1.54, 1.807) is 18.2 Å². The van der Waals surface area contributed by atoms with Crippen molar-refractivity contribution in [3.8, 4) is 11.8 Å². The highest BCUT2D eigenvalue weighted by molar-refractivity contribution is 6.26. The third kappa shape index (κ3) is 4.95. The van der Waals surface area contributed by atoms with E-state index in [9.17, 15) is 28.0 Å².